The van der Waals surface area contributed by atoms with Crippen molar-refractivity contribution in [1.82, 2.24) is 20.6 Å². The number of allylic oxidation sites excluding steroid dienone is 1. The second-order valence-electron chi connectivity index (χ2n) is 5.70. The second-order valence-corrected chi connectivity index (χ2v) is 5.70. The van der Waals surface area contributed by atoms with Crippen molar-refractivity contribution in [1.29, 1.82) is 5.26 Å². The molecule has 1 fully saturated rings. The molecule has 1 aliphatic rings. The van der Waals surface area contributed by atoms with Gasteiger partial charge in [0.1, 0.15) is 11.6 Å². The van der Waals surface area contributed by atoms with Crippen LogP contribution in [0.2, 0.25) is 0 Å². The van der Waals surface area contributed by atoms with Gasteiger partial charge in [-0.25, -0.2) is 0 Å². The van der Waals surface area contributed by atoms with E-state index in [-0.39, 0.29) is 17.3 Å². The molecule has 3 N–H and O–H groups in total. The van der Waals surface area contributed by atoms with Crippen LogP contribution < -0.4 is 10.2 Å². The second kappa shape index (κ2) is 7.44. The number of piperidine rings is 1. The quantitative estimate of drug-likeness (QED) is 0.698. The number of nitrogens with one attached hydrogen (secondary N) is 2. The van der Waals surface area contributed by atoms with Crippen LogP contribution in [0.1, 0.15) is 18.7 Å². The van der Waals surface area contributed by atoms with E-state index < -0.39 is 5.97 Å². The lowest BCUT2D eigenvalue weighted by Gasteiger charge is -2.32. The Morgan fingerprint density at radius 2 is 2.08 bits per heavy atom. The van der Waals surface area contributed by atoms with Crippen LogP contribution in [0.5, 0.6) is 0 Å². The fraction of sp³-hybridized carbons (Fsp3) is 0.312. The average Bonchev–Trinajstić information content (AvgIpc) is 3.17. The molecule has 1 aromatic carbocycles. The number of aromatic amines is 1. The summed E-state index contributed by atoms with van der Waals surface area (Å²) in [5.74, 6) is -0.717. The number of aromatic nitrogens is 4. The molecular weight excluding hydrogens is 322 g/mol. The molecule has 3 rings (SSSR count). The van der Waals surface area contributed by atoms with Gasteiger partial charge in [-0.05, 0) is 42.3 Å². The van der Waals surface area contributed by atoms with Crippen LogP contribution in [0.3, 0.4) is 0 Å². The van der Waals surface area contributed by atoms with Crippen molar-refractivity contribution < 1.29 is 9.90 Å². The molecule has 2 heterocycles. The van der Waals surface area contributed by atoms with Gasteiger partial charge in [0.05, 0.1) is 5.92 Å². The first kappa shape index (κ1) is 16.4. The van der Waals surface area contributed by atoms with Gasteiger partial charge < -0.3 is 15.3 Å². The highest BCUT2D eigenvalue weighted by molar-refractivity contribution is 5.74. The lowest BCUT2D eigenvalue weighted by Crippen LogP contribution is -2.36. The Bertz CT molecular complexity index is 785. The predicted octanol–water partition coefficient (Wildman–Crippen LogP) is 1.48. The number of tetrazole rings is 1. The Kier molecular flexibility index (Phi) is 4.89. The zero-order valence-electron chi connectivity index (χ0n) is 13.4. The molecule has 9 heteroatoms. The van der Waals surface area contributed by atoms with Gasteiger partial charge in [0.15, 0.2) is 0 Å². The monoisotopic (exact) mass is 339 g/mol. The molecule has 9 nitrogen and oxygen atoms in total. The molecule has 2 aromatic rings. The normalized spacial score (nSPS) is 15.6. The summed E-state index contributed by atoms with van der Waals surface area (Å²) in [6.45, 7) is 1.47. The molecule has 1 aliphatic heterocycles. The van der Waals surface area contributed by atoms with Gasteiger partial charge in [0, 0.05) is 30.7 Å². The molecule has 0 radical (unpaired) electrons. The molecule has 0 spiro atoms. The number of hydrogen-bond acceptors (Lipinski definition) is 7. The standard InChI is InChI=1S/C16H17N7O2/c17-9-12(15-19-21-22-20-15)10-18-13-1-3-14(4-2-13)23-7-5-11(6-8-23)16(24)25/h1-4,10-11,18H,5-8H2,(H,24,25)(H,19,20,21,22). The summed E-state index contributed by atoms with van der Waals surface area (Å²) in [5.41, 5.74) is 2.14. The van der Waals surface area contributed by atoms with E-state index in [9.17, 15) is 4.79 Å². The summed E-state index contributed by atoms with van der Waals surface area (Å²) in [5, 5.41) is 34.5. The van der Waals surface area contributed by atoms with Crippen LogP contribution in [0.4, 0.5) is 11.4 Å². The van der Waals surface area contributed by atoms with Crippen molar-refractivity contribution in [3.63, 3.8) is 0 Å². The number of carbonyl (C=O) groups is 1. The van der Waals surface area contributed by atoms with Crippen LogP contribution in [-0.4, -0.2) is 44.8 Å². The molecule has 1 aromatic heterocycles. The number of carboxylic acids is 1. The first-order valence-corrected chi connectivity index (χ1v) is 7.86. The molecular formula is C16H17N7O2. The third-order valence-electron chi connectivity index (χ3n) is 4.17. The van der Waals surface area contributed by atoms with Crippen LogP contribution in [0.15, 0.2) is 30.5 Å². The van der Waals surface area contributed by atoms with Gasteiger partial charge in [0.25, 0.3) is 0 Å². The van der Waals surface area contributed by atoms with E-state index in [2.05, 4.69) is 30.8 Å². The summed E-state index contributed by atoms with van der Waals surface area (Å²) in [6, 6.07) is 9.75. The largest absolute Gasteiger partial charge is 0.481 e. The summed E-state index contributed by atoms with van der Waals surface area (Å²) in [7, 11) is 0. The Morgan fingerprint density at radius 3 is 2.64 bits per heavy atom. The number of nitrogens with zero attached hydrogens (tertiary/aromatic N) is 5. The fourth-order valence-electron chi connectivity index (χ4n) is 2.73. The highest BCUT2D eigenvalue weighted by atomic mass is 16.4. The third kappa shape index (κ3) is 3.92. The van der Waals surface area contributed by atoms with Crippen molar-refractivity contribution in [3.8, 4) is 6.07 Å². The van der Waals surface area contributed by atoms with E-state index >= 15 is 0 Å². The van der Waals surface area contributed by atoms with Crippen molar-refractivity contribution in [2.75, 3.05) is 23.3 Å². The molecule has 1 saturated heterocycles. The van der Waals surface area contributed by atoms with Crippen LogP contribution >= 0.6 is 0 Å². The summed E-state index contributed by atoms with van der Waals surface area (Å²) < 4.78 is 0. The maximum Gasteiger partial charge on any atom is 0.306 e. The average molecular weight is 339 g/mol. The molecule has 128 valence electrons. The highest BCUT2D eigenvalue weighted by Gasteiger charge is 2.24. The van der Waals surface area contributed by atoms with E-state index in [4.69, 9.17) is 10.4 Å². The van der Waals surface area contributed by atoms with E-state index in [0.29, 0.717) is 12.8 Å². The molecule has 0 atom stereocenters. The van der Waals surface area contributed by atoms with Gasteiger partial charge in [-0.3, -0.25) is 4.79 Å². The molecule has 0 bridgehead atoms. The summed E-state index contributed by atoms with van der Waals surface area (Å²) >= 11 is 0. The van der Waals surface area contributed by atoms with Gasteiger partial charge in [0.2, 0.25) is 5.82 Å². The Labute approximate surface area is 144 Å². The summed E-state index contributed by atoms with van der Waals surface area (Å²) in [4.78, 5) is 13.2. The van der Waals surface area contributed by atoms with E-state index in [0.717, 1.165) is 24.5 Å². The number of hydrogen-bond donors (Lipinski definition) is 3. The Morgan fingerprint density at radius 1 is 1.36 bits per heavy atom. The predicted molar refractivity (Wildman–Crippen MR) is 90.4 cm³/mol. The number of carboxylic acid groups (broad SMARTS) is 1. The smallest absolute Gasteiger partial charge is 0.306 e. The molecule has 0 amide bonds. The number of anilines is 2. The van der Waals surface area contributed by atoms with Crippen LogP contribution in [0, 0.1) is 17.2 Å². The van der Waals surface area contributed by atoms with Crippen molar-refractivity contribution in [2.24, 2.45) is 5.92 Å². The number of rotatable bonds is 5. The van der Waals surface area contributed by atoms with E-state index in [1.165, 1.54) is 6.20 Å². The van der Waals surface area contributed by atoms with Crippen LogP contribution in [0.25, 0.3) is 5.57 Å². The Balaban J connectivity index is 1.61. The molecule has 25 heavy (non-hydrogen) atoms. The van der Waals surface area contributed by atoms with E-state index in [1.54, 1.807) is 0 Å². The van der Waals surface area contributed by atoms with Gasteiger partial charge in [-0.1, -0.05) is 0 Å². The zero-order chi connectivity index (χ0) is 17.6. The maximum atomic E-state index is 11.0. The zero-order valence-corrected chi connectivity index (χ0v) is 13.4. The van der Waals surface area contributed by atoms with Crippen molar-refractivity contribution in [2.45, 2.75) is 12.8 Å². The minimum Gasteiger partial charge on any atom is -0.481 e. The molecule has 0 aliphatic carbocycles. The molecule has 0 saturated carbocycles. The Hall–Kier alpha value is -3.41. The van der Waals surface area contributed by atoms with Gasteiger partial charge in [-0.2, -0.15) is 10.5 Å². The lowest BCUT2D eigenvalue weighted by atomic mass is 9.97. The topological polar surface area (TPSA) is 131 Å². The minimum absolute atomic E-state index is 0.230. The molecule has 0 unspecified atom stereocenters. The fourth-order valence-corrected chi connectivity index (χ4v) is 2.73. The maximum absolute atomic E-state index is 11.0. The minimum atomic E-state index is -0.708. The van der Waals surface area contributed by atoms with Crippen molar-refractivity contribution in [3.05, 3.63) is 36.3 Å². The number of nitriles is 1. The number of aliphatic carboxylic acids is 1. The lowest BCUT2D eigenvalue weighted by molar-refractivity contribution is -0.142. The SMILES string of the molecule is N#CC(=CNc1ccc(N2CCC(C(=O)O)CC2)cc1)c1nn[nH]n1. The van der Waals surface area contributed by atoms with Gasteiger partial charge in [-0.15, -0.1) is 10.2 Å². The van der Waals surface area contributed by atoms with Gasteiger partial charge >= 0.3 is 5.97 Å². The summed E-state index contributed by atoms with van der Waals surface area (Å²) in [6.07, 6.45) is 2.85. The number of H-pyrrole nitrogens is 1. The first-order chi connectivity index (χ1) is 12.2. The third-order valence-corrected chi connectivity index (χ3v) is 4.17. The van der Waals surface area contributed by atoms with Crippen LogP contribution in [-0.2, 0) is 4.79 Å². The van der Waals surface area contributed by atoms with Crippen molar-refractivity contribution >= 4 is 22.9 Å². The first-order valence-electron chi connectivity index (χ1n) is 7.86. The highest BCUT2D eigenvalue weighted by Crippen LogP contribution is 2.25. The number of benzene rings is 1. The van der Waals surface area contributed by atoms with E-state index in [1.807, 2.05) is 30.3 Å².